The van der Waals surface area contributed by atoms with E-state index in [1.807, 2.05) is 86.6 Å². The molecule has 1 N–H and O–H groups in total. The molecule has 3 aromatic rings. The zero-order chi connectivity index (χ0) is 21.3. The van der Waals surface area contributed by atoms with Crippen LogP contribution >= 0.6 is 15.9 Å². The van der Waals surface area contributed by atoms with Gasteiger partial charge >= 0.3 is 0 Å². The fraction of sp³-hybridized carbons (Fsp3) is 0.120. The lowest BCUT2D eigenvalue weighted by molar-refractivity contribution is -0.137. The Bertz CT molecular complexity index is 1170. The fourth-order valence-corrected chi connectivity index (χ4v) is 3.88. The van der Waals surface area contributed by atoms with Crippen LogP contribution in [0.5, 0.6) is 0 Å². The lowest BCUT2D eigenvalue weighted by Gasteiger charge is -2.15. The number of hydrogen-bond acceptors (Lipinski definition) is 3. The van der Waals surface area contributed by atoms with Gasteiger partial charge in [-0.1, -0.05) is 70.5 Å². The third kappa shape index (κ3) is 3.94. The van der Waals surface area contributed by atoms with Gasteiger partial charge in [0, 0.05) is 10.2 Å². The summed E-state index contributed by atoms with van der Waals surface area (Å²) < 4.78 is 0.888. The summed E-state index contributed by atoms with van der Waals surface area (Å²) in [5.41, 5.74) is 5.30. The van der Waals surface area contributed by atoms with Crippen molar-refractivity contribution >= 4 is 39.0 Å². The number of benzene rings is 3. The van der Waals surface area contributed by atoms with E-state index in [9.17, 15) is 9.59 Å². The largest absolute Gasteiger partial charge is 0.350 e. The highest BCUT2D eigenvalue weighted by atomic mass is 79.9. The maximum Gasteiger partial charge on any atom is 0.278 e. The van der Waals surface area contributed by atoms with Gasteiger partial charge in [-0.2, -0.15) is 0 Å². The Labute approximate surface area is 184 Å². The Hall–Kier alpha value is -3.18. The number of imide groups is 1. The van der Waals surface area contributed by atoms with E-state index in [4.69, 9.17) is 0 Å². The maximum atomic E-state index is 13.4. The molecule has 0 atom stereocenters. The number of rotatable bonds is 5. The second-order valence-electron chi connectivity index (χ2n) is 7.37. The molecule has 4 rings (SSSR count). The van der Waals surface area contributed by atoms with Gasteiger partial charge in [-0.05, 0) is 54.3 Å². The molecular formula is C25H21BrN2O2. The quantitative estimate of drug-likeness (QED) is 0.514. The fourth-order valence-electron chi connectivity index (χ4n) is 3.48. The van der Waals surface area contributed by atoms with Crippen molar-refractivity contribution in [2.75, 3.05) is 5.32 Å². The van der Waals surface area contributed by atoms with Crippen molar-refractivity contribution in [3.05, 3.63) is 105 Å². The van der Waals surface area contributed by atoms with Gasteiger partial charge in [0.1, 0.15) is 5.70 Å². The van der Waals surface area contributed by atoms with Crippen LogP contribution in [0.4, 0.5) is 5.69 Å². The van der Waals surface area contributed by atoms with Crippen molar-refractivity contribution in [2.24, 2.45) is 0 Å². The summed E-state index contributed by atoms with van der Waals surface area (Å²) in [6.07, 6.45) is 0. The second kappa shape index (κ2) is 8.28. The van der Waals surface area contributed by atoms with Crippen LogP contribution in [0.1, 0.15) is 22.3 Å². The summed E-state index contributed by atoms with van der Waals surface area (Å²) in [4.78, 5) is 28.0. The molecule has 0 saturated carbocycles. The minimum absolute atomic E-state index is 0.233. The normalized spacial score (nSPS) is 13.9. The topological polar surface area (TPSA) is 49.4 Å². The first-order valence-electron chi connectivity index (χ1n) is 9.68. The highest BCUT2D eigenvalue weighted by molar-refractivity contribution is 9.10. The van der Waals surface area contributed by atoms with Crippen LogP contribution in [0, 0.1) is 13.8 Å². The molecule has 0 radical (unpaired) electrons. The van der Waals surface area contributed by atoms with Crippen molar-refractivity contribution < 1.29 is 9.59 Å². The van der Waals surface area contributed by atoms with Gasteiger partial charge in [0.15, 0.2) is 0 Å². The number of nitrogens with one attached hydrogen (secondary N) is 1. The van der Waals surface area contributed by atoms with Gasteiger partial charge < -0.3 is 5.32 Å². The average Bonchev–Trinajstić information content (AvgIpc) is 2.95. The standard InChI is InChI=1S/C25H21BrN2O2/c1-16-11-12-19(13-17(16)2)22-23(27-21-10-6-9-20(26)14-21)25(30)28(24(22)29)15-18-7-4-3-5-8-18/h3-14,27H,15H2,1-2H3. The van der Waals surface area contributed by atoms with E-state index >= 15 is 0 Å². The molecule has 0 aliphatic carbocycles. The maximum absolute atomic E-state index is 13.4. The highest BCUT2D eigenvalue weighted by Crippen LogP contribution is 2.32. The summed E-state index contributed by atoms with van der Waals surface area (Å²) in [5, 5.41) is 3.20. The lowest BCUT2D eigenvalue weighted by Crippen LogP contribution is -2.32. The number of anilines is 1. The van der Waals surface area contributed by atoms with Crippen LogP contribution in [0.3, 0.4) is 0 Å². The molecule has 0 unspecified atom stereocenters. The van der Waals surface area contributed by atoms with Crippen molar-refractivity contribution in [1.82, 2.24) is 4.90 Å². The molecule has 0 spiro atoms. The van der Waals surface area contributed by atoms with E-state index in [1.165, 1.54) is 4.90 Å². The van der Waals surface area contributed by atoms with Gasteiger partial charge in [-0.3, -0.25) is 14.5 Å². The van der Waals surface area contributed by atoms with Gasteiger partial charge in [-0.15, -0.1) is 0 Å². The molecule has 4 nitrogen and oxygen atoms in total. The molecule has 0 fully saturated rings. The first-order valence-corrected chi connectivity index (χ1v) is 10.5. The van der Waals surface area contributed by atoms with E-state index in [0.717, 1.165) is 32.4 Å². The van der Waals surface area contributed by atoms with Gasteiger partial charge in [-0.25, -0.2) is 0 Å². The van der Waals surface area contributed by atoms with E-state index in [-0.39, 0.29) is 18.4 Å². The number of carbonyl (C=O) groups excluding carboxylic acids is 2. The molecule has 0 saturated heterocycles. The van der Waals surface area contributed by atoms with E-state index < -0.39 is 0 Å². The number of aryl methyl sites for hydroxylation is 2. The monoisotopic (exact) mass is 460 g/mol. The van der Waals surface area contributed by atoms with Crippen molar-refractivity contribution in [3.63, 3.8) is 0 Å². The molecule has 150 valence electrons. The Morgan fingerprint density at radius 2 is 1.60 bits per heavy atom. The third-order valence-electron chi connectivity index (χ3n) is 5.24. The molecule has 5 heteroatoms. The van der Waals surface area contributed by atoms with Crippen molar-refractivity contribution in [2.45, 2.75) is 20.4 Å². The number of carbonyl (C=O) groups is 2. The highest BCUT2D eigenvalue weighted by Gasteiger charge is 2.39. The number of halogens is 1. The molecule has 0 aromatic heterocycles. The second-order valence-corrected chi connectivity index (χ2v) is 8.28. The molecule has 2 amide bonds. The van der Waals surface area contributed by atoms with Crippen LogP contribution in [-0.4, -0.2) is 16.7 Å². The predicted octanol–water partition coefficient (Wildman–Crippen LogP) is 5.46. The first-order chi connectivity index (χ1) is 14.4. The number of nitrogens with zero attached hydrogens (tertiary/aromatic N) is 1. The molecule has 30 heavy (non-hydrogen) atoms. The summed E-state index contributed by atoms with van der Waals surface area (Å²) in [7, 11) is 0. The zero-order valence-electron chi connectivity index (χ0n) is 16.8. The summed E-state index contributed by atoms with van der Waals surface area (Å²) in [6, 6.07) is 22.9. The summed E-state index contributed by atoms with van der Waals surface area (Å²) in [5.74, 6) is -0.610. The Balaban J connectivity index is 1.77. The van der Waals surface area contributed by atoms with Crippen molar-refractivity contribution in [3.8, 4) is 0 Å². The minimum Gasteiger partial charge on any atom is -0.350 e. The van der Waals surface area contributed by atoms with Gasteiger partial charge in [0.25, 0.3) is 11.8 Å². The molecule has 1 heterocycles. The molecule has 1 aliphatic rings. The van der Waals surface area contributed by atoms with Gasteiger partial charge in [0.05, 0.1) is 12.1 Å². The van der Waals surface area contributed by atoms with Crippen LogP contribution in [0.25, 0.3) is 5.57 Å². The first kappa shape index (κ1) is 20.1. The molecular weight excluding hydrogens is 440 g/mol. The van der Waals surface area contributed by atoms with E-state index in [0.29, 0.717) is 11.3 Å². The van der Waals surface area contributed by atoms with Gasteiger partial charge in [0.2, 0.25) is 0 Å². The summed E-state index contributed by atoms with van der Waals surface area (Å²) >= 11 is 3.45. The average molecular weight is 461 g/mol. The Morgan fingerprint density at radius 3 is 2.30 bits per heavy atom. The summed E-state index contributed by atoms with van der Waals surface area (Å²) in [6.45, 7) is 4.26. The molecule has 3 aromatic carbocycles. The third-order valence-corrected chi connectivity index (χ3v) is 5.73. The van der Waals surface area contributed by atoms with Crippen molar-refractivity contribution in [1.29, 1.82) is 0 Å². The van der Waals surface area contributed by atoms with Crippen LogP contribution in [-0.2, 0) is 16.1 Å². The minimum atomic E-state index is -0.322. The Morgan fingerprint density at radius 1 is 0.833 bits per heavy atom. The van der Waals surface area contributed by atoms with Crippen LogP contribution < -0.4 is 5.32 Å². The molecule has 1 aliphatic heterocycles. The van der Waals surface area contributed by atoms with Crippen LogP contribution in [0.2, 0.25) is 0 Å². The van der Waals surface area contributed by atoms with E-state index in [2.05, 4.69) is 21.2 Å². The smallest absolute Gasteiger partial charge is 0.278 e. The lowest BCUT2D eigenvalue weighted by atomic mass is 9.99. The predicted molar refractivity (Wildman–Crippen MR) is 123 cm³/mol. The van der Waals surface area contributed by atoms with E-state index in [1.54, 1.807) is 0 Å². The van der Waals surface area contributed by atoms with Crippen LogP contribution in [0.15, 0.2) is 83.0 Å². The number of hydrogen-bond donors (Lipinski definition) is 1. The zero-order valence-corrected chi connectivity index (χ0v) is 18.4. The number of amides is 2. The Kier molecular flexibility index (Phi) is 5.55. The SMILES string of the molecule is Cc1ccc(C2=C(Nc3cccc(Br)c3)C(=O)N(Cc3ccccc3)C2=O)cc1C. The molecule has 0 bridgehead atoms.